The first-order valence-electron chi connectivity index (χ1n) is 12.0. The monoisotopic (exact) mass is 455 g/mol. The lowest BCUT2D eigenvalue weighted by molar-refractivity contribution is -0.122. The van der Waals surface area contributed by atoms with Gasteiger partial charge in [0, 0.05) is 58.4 Å². The van der Waals surface area contributed by atoms with Crippen LogP contribution in [0.2, 0.25) is 0 Å². The fourth-order valence-electron chi connectivity index (χ4n) is 4.99. The first-order valence-corrected chi connectivity index (χ1v) is 12.0. The number of nitrogens with zero attached hydrogens (tertiary/aromatic N) is 2. The highest BCUT2D eigenvalue weighted by Crippen LogP contribution is 2.39. The Morgan fingerprint density at radius 3 is 1.85 bits per heavy atom. The fraction of sp³-hybridized carbons (Fsp3) is 0.286. The van der Waals surface area contributed by atoms with Gasteiger partial charge in [0.2, 0.25) is 0 Å². The van der Waals surface area contributed by atoms with Crippen molar-refractivity contribution in [3.8, 4) is 0 Å². The summed E-state index contributed by atoms with van der Waals surface area (Å²) >= 11 is 0. The lowest BCUT2D eigenvalue weighted by Gasteiger charge is -2.15. The van der Waals surface area contributed by atoms with E-state index < -0.39 is 0 Å². The Morgan fingerprint density at radius 2 is 1.29 bits per heavy atom. The molecule has 6 nitrogen and oxygen atoms in total. The third kappa shape index (κ3) is 3.55. The molecule has 2 aromatic heterocycles. The second kappa shape index (κ2) is 8.95. The molecule has 1 N–H and O–H groups in total. The summed E-state index contributed by atoms with van der Waals surface area (Å²) in [5.74, 6) is -0.685. The number of hydrogen-bond acceptors (Lipinski definition) is 3. The molecule has 0 fully saturated rings. The van der Waals surface area contributed by atoms with Crippen LogP contribution in [0.1, 0.15) is 38.3 Å². The molecule has 34 heavy (non-hydrogen) atoms. The highest BCUT2D eigenvalue weighted by molar-refractivity contribution is 6.50. The van der Waals surface area contributed by atoms with Gasteiger partial charge in [-0.25, -0.2) is 0 Å². The molecule has 0 radical (unpaired) electrons. The molecule has 174 valence electrons. The summed E-state index contributed by atoms with van der Waals surface area (Å²) in [4.78, 5) is 26.2. The van der Waals surface area contributed by atoms with E-state index in [1.807, 2.05) is 68.7 Å². The van der Waals surface area contributed by atoms with Gasteiger partial charge in [0.05, 0.1) is 23.9 Å². The first kappa shape index (κ1) is 22.2. The maximum atomic E-state index is 13.1. The summed E-state index contributed by atoms with van der Waals surface area (Å²) in [6.45, 7) is 8.12. The number of para-hydroxylation sites is 2. The normalized spacial score (nSPS) is 18.4. The van der Waals surface area contributed by atoms with E-state index in [1.165, 1.54) is 0 Å². The molecular formula is C28H29N3O3. The molecule has 6 rings (SSSR count). The van der Waals surface area contributed by atoms with Crippen LogP contribution in [0.3, 0.4) is 0 Å². The quantitative estimate of drug-likeness (QED) is 0.380. The average Bonchev–Trinajstić information content (AvgIpc) is 3.49. The van der Waals surface area contributed by atoms with Gasteiger partial charge < -0.3 is 13.9 Å². The second-order valence-electron chi connectivity index (χ2n) is 8.51. The Labute approximate surface area is 198 Å². The minimum absolute atomic E-state index is 0.106. The third-order valence-electron chi connectivity index (χ3n) is 6.56. The van der Waals surface area contributed by atoms with Crippen molar-refractivity contribution in [2.24, 2.45) is 0 Å². The van der Waals surface area contributed by atoms with Gasteiger partial charge in [-0.05, 0) is 25.5 Å². The highest BCUT2D eigenvalue weighted by atomic mass is 16.5. The van der Waals surface area contributed by atoms with Crippen molar-refractivity contribution in [3.05, 3.63) is 72.1 Å². The van der Waals surface area contributed by atoms with E-state index in [9.17, 15) is 9.59 Å². The van der Waals surface area contributed by atoms with Gasteiger partial charge in [-0.1, -0.05) is 50.2 Å². The molecule has 0 saturated carbocycles. The number of amides is 2. The molecule has 4 aromatic rings. The lowest BCUT2D eigenvalue weighted by atomic mass is 9.95. The number of hydrogen-bond donors (Lipinski definition) is 1. The molecule has 1 atom stereocenters. The van der Waals surface area contributed by atoms with Crippen molar-refractivity contribution < 1.29 is 14.3 Å². The number of benzene rings is 2. The van der Waals surface area contributed by atoms with Gasteiger partial charge in [0.15, 0.2) is 0 Å². The van der Waals surface area contributed by atoms with Crippen molar-refractivity contribution in [3.63, 3.8) is 0 Å². The van der Waals surface area contributed by atoms with E-state index in [-0.39, 0.29) is 17.9 Å². The van der Waals surface area contributed by atoms with E-state index in [2.05, 4.69) is 27.4 Å². The Morgan fingerprint density at radius 1 is 0.794 bits per heavy atom. The zero-order valence-corrected chi connectivity index (χ0v) is 19.8. The van der Waals surface area contributed by atoms with Crippen LogP contribution >= 0.6 is 0 Å². The largest absolute Gasteiger partial charge is 0.377 e. The number of nitrogens with one attached hydrogen (secondary N) is 1. The van der Waals surface area contributed by atoms with Gasteiger partial charge in [0.25, 0.3) is 11.8 Å². The summed E-state index contributed by atoms with van der Waals surface area (Å²) in [5.41, 5.74) is 4.54. The molecular weight excluding hydrogens is 426 g/mol. The number of imide groups is 1. The molecule has 1 unspecified atom stereocenters. The van der Waals surface area contributed by atoms with Gasteiger partial charge in [0.1, 0.15) is 0 Å². The van der Waals surface area contributed by atoms with Gasteiger partial charge >= 0.3 is 0 Å². The van der Waals surface area contributed by atoms with Crippen LogP contribution in [-0.2, 0) is 27.4 Å². The van der Waals surface area contributed by atoms with Crippen molar-refractivity contribution in [2.75, 3.05) is 6.61 Å². The molecule has 4 heterocycles. The van der Waals surface area contributed by atoms with Gasteiger partial charge in [-0.3, -0.25) is 14.9 Å². The van der Waals surface area contributed by atoms with E-state index in [4.69, 9.17) is 4.74 Å². The van der Waals surface area contributed by atoms with Crippen molar-refractivity contribution in [1.29, 1.82) is 0 Å². The van der Waals surface area contributed by atoms with Gasteiger partial charge in [-0.15, -0.1) is 0 Å². The topological polar surface area (TPSA) is 65.3 Å². The Balaban J connectivity index is 0.00000117. The number of aryl methyl sites for hydroxylation is 1. The van der Waals surface area contributed by atoms with Crippen LogP contribution < -0.4 is 5.32 Å². The van der Waals surface area contributed by atoms with Crippen LogP contribution in [0.15, 0.2) is 60.9 Å². The van der Waals surface area contributed by atoms with Crippen LogP contribution in [-0.4, -0.2) is 33.7 Å². The Hall–Kier alpha value is -3.64. The van der Waals surface area contributed by atoms with Crippen molar-refractivity contribution in [1.82, 2.24) is 14.5 Å². The van der Waals surface area contributed by atoms with E-state index >= 15 is 0 Å². The summed E-state index contributed by atoms with van der Waals surface area (Å²) in [6, 6.07) is 16.0. The van der Waals surface area contributed by atoms with Crippen LogP contribution in [0, 0.1) is 0 Å². The van der Waals surface area contributed by atoms with Crippen LogP contribution in [0.5, 0.6) is 0 Å². The minimum atomic E-state index is -0.346. The SMILES string of the molecule is CC.CC1CCn2cc(c3ccccc32)C2=C(C(=O)NC2=O)c2cn(c3ccccc23)CCO1. The van der Waals surface area contributed by atoms with Crippen LogP contribution in [0.25, 0.3) is 33.0 Å². The Kier molecular flexibility index (Phi) is 5.84. The molecule has 2 amide bonds. The molecule has 0 saturated heterocycles. The standard InChI is InChI=1S/C26H23N3O3.C2H6/c1-16-10-11-28-14-19(17-6-2-4-8-21(17)28)23-24(26(31)27-25(23)30)20-15-29(12-13-32-16)22-9-5-3-7-18(20)22;1-2/h2-9,14-16H,10-13H2,1H3,(H,27,30,31);1-2H3. The minimum Gasteiger partial charge on any atom is -0.377 e. The zero-order valence-electron chi connectivity index (χ0n) is 19.8. The maximum absolute atomic E-state index is 13.1. The second-order valence-corrected chi connectivity index (χ2v) is 8.51. The number of carbonyl (C=O) groups is 2. The number of fused-ring (bicyclic) bond motifs is 12. The first-order chi connectivity index (χ1) is 16.6. The van der Waals surface area contributed by atoms with Crippen molar-refractivity contribution >= 4 is 44.8 Å². The van der Waals surface area contributed by atoms with Crippen LogP contribution in [0.4, 0.5) is 0 Å². The predicted octanol–water partition coefficient (Wildman–Crippen LogP) is 5.00. The number of carbonyl (C=O) groups excluding carboxylic acids is 2. The lowest BCUT2D eigenvalue weighted by Crippen LogP contribution is -2.22. The molecule has 4 bridgehead atoms. The maximum Gasteiger partial charge on any atom is 0.259 e. The summed E-state index contributed by atoms with van der Waals surface area (Å²) in [6.07, 6.45) is 4.95. The Bertz CT molecular complexity index is 1440. The fourth-order valence-corrected chi connectivity index (χ4v) is 4.99. The smallest absolute Gasteiger partial charge is 0.259 e. The van der Waals surface area contributed by atoms with E-state index in [0.717, 1.165) is 45.9 Å². The molecule has 2 aliphatic heterocycles. The molecule has 0 spiro atoms. The molecule has 2 aromatic carbocycles. The average molecular weight is 456 g/mol. The van der Waals surface area contributed by atoms with E-state index in [1.54, 1.807) is 0 Å². The van der Waals surface area contributed by atoms with Crippen molar-refractivity contribution in [2.45, 2.75) is 46.4 Å². The predicted molar refractivity (Wildman–Crippen MR) is 135 cm³/mol. The summed E-state index contributed by atoms with van der Waals surface area (Å²) in [5, 5.41) is 4.47. The number of rotatable bonds is 0. The number of ether oxygens (including phenoxy) is 1. The van der Waals surface area contributed by atoms with Gasteiger partial charge in [-0.2, -0.15) is 0 Å². The summed E-state index contributed by atoms with van der Waals surface area (Å²) < 4.78 is 10.4. The number of aromatic nitrogens is 2. The molecule has 0 aliphatic carbocycles. The molecule has 2 aliphatic rings. The zero-order chi connectivity index (χ0) is 23.8. The third-order valence-corrected chi connectivity index (χ3v) is 6.56. The van der Waals surface area contributed by atoms with E-state index in [0.29, 0.717) is 24.3 Å². The summed E-state index contributed by atoms with van der Waals surface area (Å²) in [7, 11) is 0. The highest BCUT2D eigenvalue weighted by Gasteiger charge is 2.35. The molecule has 6 heteroatoms.